The number of amides is 1. The van der Waals surface area contributed by atoms with Crippen molar-refractivity contribution in [2.45, 2.75) is 32.0 Å². The molecule has 1 saturated carbocycles. The lowest BCUT2D eigenvalue weighted by Crippen LogP contribution is -2.33. The van der Waals surface area contributed by atoms with Crippen molar-refractivity contribution in [3.05, 3.63) is 0 Å². The van der Waals surface area contributed by atoms with Gasteiger partial charge in [0.15, 0.2) is 6.29 Å². The molecule has 0 radical (unpaired) electrons. The van der Waals surface area contributed by atoms with Crippen LogP contribution in [0.3, 0.4) is 0 Å². The lowest BCUT2D eigenvalue weighted by molar-refractivity contribution is -0.119. The first-order valence-corrected chi connectivity index (χ1v) is 6.85. The van der Waals surface area contributed by atoms with Gasteiger partial charge in [-0.2, -0.15) is 0 Å². The van der Waals surface area contributed by atoms with Gasteiger partial charge in [0, 0.05) is 12.5 Å². The van der Waals surface area contributed by atoms with Crippen molar-refractivity contribution in [2.75, 3.05) is 11.0 Å². The van der Waals surface area contributed by atoms with Gasteiger partial charge >= 0.3 is 0 Å². The van der Waals surface area contributed by atoms with E-state index in [1.54, 1.807) is 0 Å². The quantitative estimate of drug-likeness (QED) is 0.404. The van der Waals surface area contributed by atoms with Crippen LogP contribution in [0.5, 0.6) is 0 Å². The molecular formula is C10H18INO3. The number of aliphatic hydroxyl groups is 2. The molecule has 88 valence electrons. The van der Waals surface area contributed by atoms with Crippen molar-refractivity contribution in [2.24, 2.45) is 11.8 Å². The van der Waals surface area contributed by atoms with Crippen LogP contribution in [0.2, 0.25) is 0 Å². The highest BCUT2D eigenvalue weighted by Crippen LogP contribution is 2.29. The third-order valence-electron chi connectivity index (χ3n) is 3.02. The second kappa shape index (κ2) is 6.65. The topological polar surface area (TPSA) is 69.6 Å². The molecular weight excluding hydrogens is 309 g/mol. The Kier molecular flexibility index (Phi) is 5.84. The summed E-state index contributed by atoms with van der Waals surface area (Å²) in [6.45, 7) is 0.732. The Morgan fingerprint density at radius 2 is 1.93 bits per heavy atom. The van der Waals surface area contributed by atoms with Crippen LogP contribution in [0.25, 0.3) is 0 Å². The Balaban J connectivity index is 2.17. The summed E-state index contributed by atoms with van der Waals surface area (Å²) >= 11 is 2.04. The minimum Gasteiger partial charge on any atom is -0.368 e. The highest BCUT2D eigenvalue weighted by molar-refractivity contribution is 14.1. The van der Waals surface area contributed by atoms with Crippen LogP contribution in [-0.2, 0) is 4.79 Å². The number of carbonyl (C=O) groups is 1. The molecule has 1 rings (SSSR count). The van der Waals surface area contributed by atoms with Crippen molar-refractivity contribution in [3.8, 4) is 0 Å². The van der Waals surface area contributed by atoms with E-state index in [4.69, 9.17) is 10.2 Å². The van der Waals surface area contributed by atoms with Crippen molar-refractivity contribution >= 4 is 28.5 Å². The van der Waals surface area contributed by atoms with Crippen LogP contribution in [-0.4, -0.2) is 33.4 Å². The van der Waals surface area contributed by atoms with E-state index >= 15 is 0 Å². The molecule has 1 amide bonds. The van der Waals surface area contributed by atoms with E-state index < -0.39 is 6.29 Å². The predicted molar refractivity (Wildman–Crippen MR) is 65.6 cm³/mol. The molecule has 15 heavy (non-hydrogen) atoms. The zero-order valence-electron chi connectivity index (χ0n) is 8.66. The third-order valence-corrected chi connectivity index (χ3v) is 3.72. The predicted octanol–water partition coefficient (Wildman–Crippen LogP) is 0.655. The molecule has 1 aliphatic carbocycles. The number of alkyl halides is 1. The van der Waals surface area contributed by atoms with Gasteiger partial charge in [-0.05, 0) is 31.6 Å². The molecule has 1 fully saturated rings. The second-order valence-corrected chi connectivity index (χ2v) is 4.89. The summed E-state index contributed by atoms with van der Waals surface area (Å²) in [7, 11) is 0. The lowest BCUT2D eigenvalue weighted by atomic mass is 9.81. The molecule has 1 aliphatic rings. The Labute approximate surface area is 104 Å². The molecule has 0 aromatic carbocycles. The molecule has 0 spiro atoms. The molecule has 5 heteroatoms. The van der Waals surface area contributed by atoms with Crippen molar-refractivity contribution in [3.63, 3.8) is 0 Å². The molecule has 4 nitrogen and oxygen atoms in total. The Morgan fingerprint density at radius 3 is 2.40 bits per heavy atom. The first kappa shape index (κ1) is 13.2. The van der Waals surface area contributed by atoms with Gasteiger partial charge in [0.05, 0.1) is 4.43 Å². The van der Waals surface area contributed by atoms with Crippen molar-refractivity contribution < 1.29 is 15.0 Å². The SMILES string of the molecule is O=C(CI)NCC1CCC(C(O)O)CC1. The molecule has 0 saturated heterocycles. The summed E-state index contributed by atoms with van der Waals surface area (Å²) in [5.41, 5.74) is 0. The number of rotatable bonds is 4. The van der Waals surface area contributed by atoms with Gasteiger partial charge in [-0.25, -0.2) is 0 Å². The van der Waals surface area contributed by atoms with E-state index in [1.165, 1.54) is 0 Å². The Bertz CT molecular complexity index is 203. The zero-order chi connectivity index (χ0) is 11.3. The van der Waals surface area contributed by atoms with Crippen LogP contribution in [0, 0.1) is 11.8 Å². The van der Waals surface area contributed by atoms with Crippen LogP contribution in [0.4, 0.5) is 0 Å². The van der Waals surface area contributed by atoms with E-state index in [2.05, 4.69) is 5.32 Å². The highest BCUT2D eigenvalue weighted by atomic mass is 127. The van der Waals surface area contributed by atoms with Gasteiger partial charge in [-0.3, -0.25) is 4.79 Å². The highest BCUT2D eigenvalue weighted by Gasteiger charge is 2.25. The standard InChI is InChI=1S/C10H18INO3/c11-5-9(13)12-6-7-1-3-8(4-2-7)10(14)15/h7-8,10,14-15H,1-6H2,(H,12,13). The molecule has 0 aliphatic heterocycles. The minimum absolute atomic E-state index is 0.0292. The molecule has 0 unspecified atom stereocenters. The largest absolute Gasteiger partial charge is 0.368 e. The van der Waals surface area contributed by atoms with Gasteiger partial charge < -0.3 is 15.5 Å². The average Bonchev–Trinajstić information content (AvgIpc) is 2.26. The number of carbonyl (C=O) groups excluding carboxylic acids is 1. The first-order valence-electron chi connectivity index (χ1n) is 5.32. The van der Waals surface area contributed by atoms with Gasteiger partial charge in [0.25, 0.3) is 0 Å². The van der Waals surface area contributed by atoms with Crippen molar-refractivity contribution in [1.29, 1.82) is 0 Å². The monoisotopic (exact) mass is 327 g/mol. The van der Waals surface area contributed by atoms with E-state index in [9.17, 15) is 4.79 Å². The van der Waals surface area contributed by atoms with Crippen LogP contribution >= 0.6 is 22.6 Å². The van der Waals surface area contributed by atoms with E-state index in [0.29, 0.717) is 10.3 Å². The van der Waals surface area contributed by atoms with E-state index in [1.807, 2.05) is 22.6 Å². The molecule has 3 N–H and O–H groups in total. The molecule has 0 bridgehead atoms. The van der Waals surface area contributed by atoms with Gasteiger partial charge in [-0.15, -0.1) is 0 Å². The molecule has 0 aromatic heterocycles. The van der Waals surface area contributed by atoms with Crippen LogP contribution in [0.1, 0.15) is 25.7 Å². The third kappa shape index (κ3) is 4.65. The molecule has 0 heterocycles. The summed E-state index contributed by atoms with van der Waals surface area (Å²) in [6.07, 6.45) is 2.48. The number of hydrogen-bond donors (Lipinski definition) is 3. The summed E-state index contributed by atoms with van der Waals surface area (Å²) in [4.78, 5) is 11.0. The number of nitrogens with one attached hydrogen (secondary N) is 1. The van der Waals surface area contributed by atoms with Gasteiger partial charge in [0.1, 0.15) is 0 Å². The van der Waals surface area contributed by atoms with Crippen molar-refractivity contribution in [1.82, 2.24) is 5.32 Å². The fraction of sp³-hybridized carbons (Fsp3) is 0.900. The molecule has 0 aromatic rings. The second-order valence-electron chi connectivity index (χ2n) is 4.13. The number of halogens is 1. The number of hydrogen-bond acceptors (Lipinski definition) is 3. The summed E-state index contributed by atoms with van der Waals surface area (Å²) in [5.74, 6) is 0.619. The smallest absolute Gasteiger partial charge is 0.229 e. The average molecular weight is 327 g/mol. The van der Waals surface area contributed by atoms with Gasteiger partial charge in [-0.1, -0.05) is 22.6 Å². The van der Waals surface area contributed by atoms with Crippen LogP contribution in [0.15, 0.2) is 0 Å². The lowest BCUT2D eigenvalue weighted by Gasteiger charge is -2.29. The normalized spacial score (nSPS) is 26.7. The van der Waals surface area contributed by atoms with E-state index in [0.717, 1.165) is 32.2 Å². The fourth-order valence-electron chi connectivity index (χ4n) is 2.00. The Morgan fingerprint density at radius 1 is 1.33 bits per heavy atom. The Hall–Kier alpha value is 0.120. The maximum absolute atomic E-state index is 11.0. The zero-order valence-corrected chi connectivity index (χ0v) is 10.8. The maximum Gasteiger partial charge on any atom is 0.229 e. The number of aliphatic hydroxyl groups excluding tert-OH is 1. The summed E-state index contributed by atoms with van der Waals surface area (Å²) < 4.78 is 0.502. The first-order chi connectivity index (χ1) is 7.13. The summed E-state index contributed by atoms with van der Waals surface area (Å²) in [5, 5.41) is 20.9. The summed E-state index contributed by atoms with van der Waals surface area (Å²) in [6, 6.07) is 0. The van der Waals surface area contributed by atoms with E-state index in [-0.39, 0.29) is 11.8 Å². The molecule has 0 atom stereocenters. The fourth-order valence-corrected chi connectivity index (χ4v) is 2.27. The van der Waals surface area contributed by atoms with Gasteiger partial charge in [0.2, 0.25) is 5.91 Å². The van der Waals surface area contributed by atoms with Crippen LogP contribution < -0.4 is 5.32 Å². The maximum atomic E-state index is 11.0. The minimum atomic E-state index is -1.17.